The fraction of sp³-hybridized carbons (Fsp3) is 0.614. The summed E-state index contributed by atoms with van der Waals surface area (Å²) in [4.78, 5) is 71.2. The molecule has 11 heteroatoms. The van der Waals surface area contributed by atoms with Crippen LogP contribution >= 0.6 is 0 Å². The first-order valence-electron chi connectivity index (χ1n) is 20.5. The van der Waals surface area contributed by atoms with Gasteiger partial charge in [-0.15, -0.1) is 0 Å². The van der Waals surface area contributed by atoms with E-state index in [0.717, 1.165) is 43.6 Å². The van der Waals surface area contributed by atoms with Gasteiger partial charge in [-0.2, -0.15) is 0 Å². The van der Waals surface area contributed by atoms with Gasteiger partial charge >= 0.3 is 0 Å². The number of rotatable bonds is 23. The number of hydrogen-bond donors (Lipinski definition) is 4. The Morgan fingerprint density at radius 2 is 1.20 bits per heavy atom. The molecular weight excluding hydrogens is 695 g/mol. The zero-order chi connectivity index (χ0) is 39.8. The number of nitrogens with one attached hydrogen (secondary N) is 4. The Bertz CT molecular complexity index is 1520. The number of amides is 4. The molecule has 2 heterocycles. The number of carbonyl (C=O) groups excluding carboxylic acids is 5. The Hall–Kier alpha value is -4.09. The normalized spacial score (nSPS) is 19.2. The average molecular weight is 760 g/mol. The van der Waals surface area contributed by atoms with E-state index in [2.05, 4.69) is 26.2 Å². The molecule has 2 fully saturated rings. The summed E-state index contributed by atoms with van der Waals surface area (Å²) in [6.07, 6.45) is 7.56. The van der Waals surface area contributed by atoms with E-state index in [0.29, 0.717) is 38.7 Å². The van der Waals surface area contributed by atoms with Crippen molar-refractivity contribution < 1.29 is 28.7 Å². The van der Waals surface area contributed by atoms with Gasteiger partial charge in [0.15, 0.2) is 5.78 Å². The number of ketones is 1. The molecule has 2 aliphatic heterocycles. The molecule has 55 heavy (non-hydrogen) atoms. The second-order valence-corrected chi connectivity index (χ2v) is 16.5. The second-order valence-electron chi connectivity index (χ2n) is 16.5. The Labute approximate surface area is 328 Å². The number of aryl methyl sites for hydroxylation is 1. The van der Waals surface area contributed by atoms with Crippen molar-refractivity contribution in [2.24, 2.45) is 11.8 Å². The quantitative estimate of drug-likeness (QED) is 0.0930. The molecule has 4 rings (SSSR count). The van der Waals surface area contributed by atoms with Crippen molar-refractivity contribution in [1.29, 1.82) is 0 Å². The van der Waals surface area contributed by atoms with Gasteiger partial charge in [0.25, 0.3) is 0 Å². The van der Waals surface area contributed by atoms with Gasteiger partial charge in [0.05, 0.1) is 12.6 Å². The minimum Gasteiger partial charge on any atom is -0.361 e. The zero-order valence-corrected chi connectivity index (χ0v) is 33.7. The highest BCUT2D eigenvalue weighted by atomic mass is 16.6. The maximum Gasteiger partial charge on any atom is 0.243 e. The Morgan fingerprint density at radius 3 is 1.80 bits per heavy atom. The third kappa shape index (κ3) is 15.2. The molecule has 0 spiro atoms. The van der Waals surface area contributed by atoms with Gasteiger partial charge < -0.3 is 30.9 Å². The summed E-state index contributed by atoms with van der Waals surface area (Å²) in [7, 11) is 0. The number of piperidine rings is 1. The molecule has 0 aromatic heterocycles. The molecule has 302 valence electrons. The molecule has 5 atom stereocenters. The molecule has 0 saturated carbocycles. The minimum absolute atomic E-state index is 0.0297. The molecule has 0 bridgehead atoms. The van der Waals surface area contributed by atoms with Crippen LogP contribution in [0.15, 0.2) is 60.7 Å². The molecule has 11 nitrogen and oxygen atoms in total. The van der Waals surface area contributed by atoms with Gasteiger partial charge in [-0.3, -0.25) is 24.0 Å². The van der Waals surface area contributed by atoms with Crippen molar-refractivity contribution in [3.63, 3.8) is 0 Å². The number of benzene rings is 2. The third-order valence-electron chi connectivity index (χ3n) is 10.5. The van der Waals surface area contributed by atoms with E-state index in [-0.39, 0.29) is 29.9 Å². The fourth-order valence-corrected chi connectivity index (χ4v) is 7.20. The van der Waals surface area contributed by atoms with Gasteiger partial charge in [-0.05, 0) is 101 Å². The van der Waals surface area contributed by atoms with Crippen molar-refractivity contribution in [2.75, 3.05) is 26.2 Å². The van der Waals surface area contributed by atoms with Gasteiger partial charge in [0, 0.05) is 12.8 Å². The first kappa shape index (κ1) is 43.6. The van der Waals surface area contributed by atoms with Crippen LogP contribution in [0.1, 0.15) is 104 Å². The molecule has 4 amide bonds. The lowest BCUT2D eigenvalue weighted by Crippen LogP contribution is -2.59. The van der Waals surface area contributed by atoms with Crippen LogP contribution < -0.4 is 21.3 Å². The maximum absolute atomic E-state index is 14.1. The van der Waals surface area contributed by atoms with Crippen molar-refractivity contribution >= 4 is 29.4 Å². The smallest absolute Gasteiger partial charge is 0.243 e. The van der Waals surface area contributed by atoms with E-state index in [1.165, 1.54) is 19.3 Å². The lowest BCUT2D eigenvalue weighted by molar-refractivity contribution is -0.135. The number of likely N-dealkylation sites (tertiary alicyclic amines) is 1. The van der Waals surface area contributed by atoms with E-state index >= 15 is 0 Å². The molecule has 2 unspecified atom stereocenters. The number of Topliss-reactive ketones (excluding diaryl/α,β-unsaturated/α-hetero) is 1. The second kappa shape index (κ2) is 21.9. The predicted octanol–water partition coefficient (Wildman–Crippen LogP) is 4.91. The third-order valence-corrected chi connectivity index (χ3v) is 10.5. The van der Waals surface area contributed by atoms with Gasteiger partial charge in [-0.25, -0.2) is 0 Å². The van der Waals surface area contributed by atoms with Crippen LogP contribution in [0.2, 0.25) is 0 Å². The lowest BCUT2D eigenvalue weighted by Gasteiger charge is -2.28. The van der Waals surface area contributed by atoms with Gasteiger partial charge in [-0.1, -0.05) is 94.8 Å². The summed E-state index contributed by atoms with van der Waals surface area (Å²) >= 11 is 0. The highest BCUT2D eigenvalue weighted by Crippen LogP contribution is 2.29. The van der Waals surface area contributed by atoms with Gasteiger partial charge in [0.1, 0.15) is 23.7 Å². The van der Waals surface area contributed by atoms with Crippen LogP contribution in [0.5, 0.6) is 0 Å². The fourth-order valence-electron chi connectivity index (χ4n) is 7.20. The van der Waals surface area contributed by atoms with E-state index in [4.69, 9.17) is 4.74 Å². The summed E-state index contributed by atoms with van der Waals surface area (Å²) in [5, 5.41) is 11.8. The van der Waals surface area contributed by atoms with E-state index in [9.17, 15) is 24.0 Å². The molecule has 4 N–H and O–H groups in total. The number of carbonyl (C=O) groups is 5. The maximum atomic E-state index is 14.1. The first-order chi connectivity index (χ1) is 26.3. The van der Waals surface area contributed by atoms with Crippen LogP contribution in [0.25, 0.3) is 0 Å². The van der Waals surface area contributed by atoms with Crippen molar-refractivity contribution in [2.45, 2.75) is 135 Å². The van der Waals surface area contributed by atoms with Crippen LogP contribution in [-0.4, -0.2) is 90.3 Å². The Morgan fingerprint density at radius 1 is 0.673 bits per heavy atom. The van der Waals surface area contributed by atoms with E-state index in [1.54, 1.807) is 6.92 Å². The highest BCUT2D eigenvalue weighted by Gasteiger charge is 2.50. The number of nitrogens with zero attached hydrogens (tertiary/aromatic N) is 1. The van der Waals surface area contributed by atoms with Crippen molar-refractivity contribution in [3.05, 3.63) is 71.8 Å². The van der Waals surface area contributed by atoms with Crippen LogP contribution in [-0.2, 0) is 41.6 Å². The molecule has 2 aliphatic rings. The van der Waals surface area contributed by atoms with Crippen molar-refractivity contribution in [1.82, 2.24) is 26.2 Å². The standard InChI is InChI=1S/C44H65N5O6/c1-31(2)27-36(40(51)44(5)30-55-44)46-43(54)38(29-34-19-11-7-12-20-34)48-42(53)37(28-32(3)4)47-41(52)35(23-22-33-17-9-6-10-18-33)45-39(50)21-13-16-26-49-24-14-8-15-25-49/h6-7,9-12,17-20,31-32,35-38H,8,13-16,21-30H2,1-5H3,(H,45,50)(H,46,54)(H,47,52)(H,48,53)/t35-,36?,37?,38-,44+/m0/s1. The largest absolute Gasteiger partial charge is 0.361 e. The molecule has 2 saturated heterocycles. The zero-order valence-electron chi connectivity index (χ0n) is 33.7. The number of ether oxygens (including phenoxy) is 1. The van der Waals surface area contributed by atoms with Gasteiger partial charge in [0.2, 0.25) is 23.6 Å². The monoisotopic (exact) mass is 759 g/mol. The van der Waals surface area contributed by atoms with E-state index in [1.807, 2.05) is 88.4 Å². The summed E-state index contributed by atoms with van der Waals surface area (Å²) in [6.45, 7) is 13.1. The summed E-state index contributed by atoms with van der Waals surface area (Å²) in [5.41, 5.74) is 0.951. The molecule has 0 radical (unpaired) electrons. The predicted molar refractivity (Wildman–Crippen MR) is 215 cm³/mol. The SMILES string of the molecule is CC(C)CC(NC(=O)[C@H](CCc1ccccc1)NC(=O)CCCCN1CCCCC1)C(=O)N[C@@H](Cc1ccccc1)C(=O)NC(CC(C)C)C(=O)[C@@]1(C)CO1. The summed E-state index contributed by atoms with van der Waals surface area (Å²) in [5.74, 6) is -1.65. The average Bonchev–Trinajstić information content (AvgIpc) is 3.92. The topological polar surface area (TPSA) is 149 Å². The summed E-state index contributed by atoms with van der Waals surface area (Å²) < 4.78 is 5.42. The highest BCUT2D eigenvalue weighted by molar-refractivity contribution is 5.98. The number of epoxide rings is 1. The minimum atomic E-state index is -1.02. The molecule has 0 aliphatic carbocycles. The Balaban J connectivity index is 1.46. The van der Waals surface area contributed by atoms with Crippen molar-refractivity contribution in [3.8, 4) is 0 Å². The molecule has 2 aromatic rings. The lowest BCUT2D eigenvalue weighted by atomic mass is 9.93. The number of unbranched alkanes of at least 4 members (excludes halogenated alkanes) is 1. The molecule has 2 aromatic carbocycles. The van der Waals surface area contributed by atoms with E-state index < -0.39 is 47.5 Å². The number of hydrogen-bond acceptors (Lipinski definition) is 7. The molecular formula is C44H65N5O6. The Kier molecular flexibility index (Phi) is 17.3. The van der Waals surface area contributed by atoms with Crippen LogP contribution in [0.3, 0.4) is 0 Å². The first-order valence-corrected chi connectivity index (χ1v) is 20.5. The van der Waals surface area contributed by atoms with Crippen LogP contribution in [0.4, 0.5) is 0 Å². The summed E-state index contributed by atoms with van der Waals surface area (Å²) in [6, 6.07) is 15.5. The van der Waals surface area contributed by atoms with Crippen LogP contribution in [0, 0.1) is 11.8 Å².